The lowest BCUT2D eigenvalue weighted by Gasteiger charge is -2.15. The zero-order valence-electron chi connectivity index (χ0n) is 16.1. The van der Waals surface area contributed by atoms with Crippen LogP contribution < -0.4 is 9.47 Å². The van der Waals surface area contributed by atoms with Gasteiger partial charge >= 0.3 is 0 Å². The van der Waals surface area contributed by atoms with Gasteiger partial charge in [-0.1, -0.05) is 35.3 Å². The minimum Gasteiger partial charge on any atom is -0.493 e. The highest BCUT2D eigenvalue weighted by Crippen LogP contribution is 2.30. The van der Waals surface area contributed by atoms with E-state index in [1.165, 1.54) is 0 Å². The fourth-order valence-corrected chi connectivity index (χ4v) is 2.48. The first-order chi connectivity index (χ1) is 12.4. The van der Waals surface area contributed by atoms with Crippen LogP contribution in [0.3, 0.4) is 0 Å². The Balaban J connectivity index is 2.46. The molecule has 0 fully saturated rings. The van der Waals surface area contributed by atoms with Gasteiger partial charge < -0.3 is 14.3 Å². The van der Waals surface area contributed by atoms with Gasteiger partial charge in [-0.2, -0.15) is 0 Å². The standard InChI is InChI=1S/C20H29Cl2NO3/c1-5-17-14-18(24-12-9-19(21)22)13-16(4)20(17)25-10-7-6-8-11-26-23-15(2)3/h9,13-14H,5-8,10-12H2,1-4H3. The van der Waals surface area contributed by atoms with Crippen molar-refractivity contribution >= 4 is 28.9 Å². The third-order valence-electron chi connectivity index (χ3n) is 3.57. The van der Waals surface area contributed by atoms with Gasteiger partial charge in [-0.3, -0.25) is 0 Å². The van der Waals surface area contributed by atoms with Gasteiger partial charge in [0, 0.05) is 0 Å². The predicted octanol–water partition coefficient (Wildman–Crippen LogP) is 6.22. The largest absolute Gasteiger partial charge is 0.493 e. The molecule has 0 heterocycles. The van der Waals surface area contributed by atoms with Crippen LogP contribution >= 0.6 is 23.2 Å². The highest BCUT2D eigenvalue weighted by Gasteiger charge is 2.09. The number of benzene rings is 1. The number of nitrogens with zero attached hydrogens (tertiary/aromatic N) is 1. The first-order valence-corrected chi connectivity index (χ1v) is 9.73. The van der Waals surface area contributed by atoms with Crippen LogP contribution in [0.1, 0.15) is 51.2 Å². The summed E-state index contributed by atoms with van der Waals surface area (Å²) in [4.78, 5) is 5.19. The molecule has 0 aliphatic heterocycles. The molecule has 0 N–H and O–H groups in total. The topological polar surface area (TPSA) is 40.0 Å². The van der Waals surface area contributed by atoms with Crippen molar-refractivity contribution in [1.29, 1.82) is 0 Å². The molecule has 0 atom stereocenters. The summed E-state index contributed by atoms with van der Waals surface area (Å²) in [7, 11) is 0. The van der Waals surface area contributed by atoms with Gasteiger partial charge in [-0.25, -0.2) is 0 Å². The molecule has 4 nitrogen and oxygen atoms in total. The van der Waals surface area contributed by atoms with E-state index in [0.29, 0.717) is 19.8 Å². The van der Waals surface area contributed by atoms with Crippen molar-refractivity contribution in [2.24, 2.45) is 5.16 Å². The van der Waals surface area contributed by atoms with Gasteiger partial charge in [0.1, 0.15) is 29.2 Å². The molecule has 0 spiro atoms. The molecule has 0 aromatic heterocycles. The number of rotatable bonds is 12. The molecule has 1 rings (SSSR count). The van der Waals surface area contributed by atoms with Crippen molar-refractivity contribution in [2.45, 2.75) is 53.4 Å². The Morgan fingerprint density at radius 2 is 1.81 bits per heavy atom. The summed E-state index contributed by atoms with van der Waals surface area (Å²) >= 11 is 11.2. The van der Waals surface area contributed by atoms with Crippen molar-refractivity contribution in [3.8, 4) is 11.5 Å². The number of hydrogen-bond donors (Lipinski definition) is 0. The lowest BCUT2D eigenvalue weighted by molar-refractivity contribution is 0.138. The predicted molar refractivity (Wildman–Crippen MR) is 110 cm³/mol. The third-order valence-corrected chi connectivity index (χ3v) is 3.88. The summed E-state index contributed by atoms with van der Waals surface area (Å²) in [5.74, 6) is 1.75. The number of aryl methyl sites for hydroxylation is 2. The molecule has 1 aromatic carbocycles. The van der Waals surface area contributed by atoms with Gasteiger partial charge in [-0.15, -0.1) is 0 Å². The number of oxime groups is 1. The maximum absolute atomic E-state index is 6.02. The van der Waals surface area contributed by atoms with Crippen LogP contribution in [0, 0.1) is 6.92 Å². The second-order valence-electron chi connectivity index (χ2n) is 6.17. The quantitative estimate of drug-likeness (QED) is 0.237. The minimum atomic E-state index is 0.208. The van der Waals surface area contributed by atoms with Gasteiger partial charge in [0.2, 0.25) is 0 Å². The molecule has 0 saturated heterocycles. The minimum absolute atomic E-state index is 0.208. The van der Waals surface area contributed by atoms with Crippen LogP contribution in [-0.2, 0) is 11.3 Å². The summed E-state index contributed by atoms with van der Waals surface area (Å²) in [5.41, 5.74) is 3.14. The van der Waals surface area contributed by atoms with E-state index >= 15 is 0 Å². The van der Waals surface area contributed by atoms with Crippen LogP contribution in [0.15, 0.2) is 27.9 Å². The SMILES string of the molecule is CCc1cc(OCC=C(Cl)Cl)cc(C)c1OCCCCCON=C(C)C. The van der Waals surface area contributed by atoms with Crippen LogP contribution in [0.4, 0.5) is 0 Å². The van der Waals surface area contributed by atoms with Crippen LogP contribution in [0.5, 0.6) is 11.5 Å². The number of unbranched alkanes of at least 4 members (excludes halogenated alkanes) is 2. The number of ether oxygens (including phenoxy) is 2. The first-order valence-electron chi connectivity index (χ1n) is 8.97. The first kappa shape index (κ1) is 22.7. The molecule has 0 unspecified atom stereocenters. The van der Waals surface area contributed by atoms with Gasteiger partial charge in [-0.05, 0) is 75.8 Å². The Morgan fingerprint density at radius 1 is 1.08 bits per heavy atom. The van der Waals surface area contributed by atoms with Crippen molar-refractivity contribution in [3.63, 3.8) is 0 Å². The van der Waals surface area contributed by atoms with E-state index in [1.807, 2.05) is 32.9 Å². The summed E-state index contributed by atoms with van der Waals surface area (Å²) in [5, 5.41) is 3.92. The molecule has 26 heavy (non-hydrogen) atoms. The van der Waals surface area contributed by atoms with Crippen LogP contribution in [0.25, 0.3) is 0 Å². The normalized spacial score (nSPS) is 10.2. The van der Waals surface area contributed by atoms with Gasteiger partial charge in [0.05, 0.1) is 12.3 Å². The highest BCUT2D eigenvalue weighted by atomic mass is 35.5. The van der Waals surface area contributed by atoms with E-state index in [1.54, 1.807) is 6.08 Å². The fraction of sp³-hybridized carbons (Fsp3) is 0.550. The van der Waals surface area contributed by atoms with E-state index in [-0.39, 0.29) is 4.49 Å². The highest BCUT2D eigenvalue weighted by molar-refractivity contribution is 6.55. The monoisotopic (exact) mass is 401 g/mol. The molecule has 0 amide bonds. The molecule has 146 valence electrons. The fourth-order valence-electron chi connectivity index (χ4n) is 2.36. The molecule has 0 bridgehead atoms. The Labute approximate surface area is 167 Å². The van der Waals surface area contributed by atoms with Crippen molar-refractivity contribution in [1.82, 2.24) is 0 Å². The van der Waals surface area contributed by atoms with E-state index in [4.69, 9.17) is 37.5 Å². The van der Waals surface area contributed by atoms with Crippen molar-refractivity contribution < 1.29 is 14.3 Å². The summed E-state index contributed by atoms with van der Waals surface area (Å²) < 4.78 is 11.9. The molecule has 0 aliphatic rings. The number of hydrogen-bond acceptors (Lipinski definition) is 4. The molecular formula is C20H29Cl2NO3. The van der Waals surface area contributed by atoms with Crippen LogP contribution in [0.2, 0.25) is 0 Å². The Bertz CT molecular complexity index is 607. The molecule has 0 aliphatic carbocycles. The van der Waals surface area contributed by atoms with Gasteiger partial charge in [0.15, 0.2) is 0 Å². The molecule has 0 radical (unpaired) electrons. The Hall–Kier alpha value is -1.39. The molecular weight excluding hydrogens is 373 g/mol. The maximum Gasteiger partial charge on any atom is 0.125 e. The van der Waals surface area contributed by atoms with E-state index in [0.717, 1.165) is 54.0 Å². The van der Waals surface area contributed by atoms with Crippen LogP contribution in [-0.4, -0.2) is 25.5 Å². The summed E-state index contributed by atoms with van der Waals surface area (Å²) in [6.07, 6.45) is 5.50. The molecule has 6 heteroatoms. The Morgan fingerprint density at radius 3 is 2.46 bits per heavy atom. The zero-order chi connectivity index (χ0) is 19.4. The average Bonchev–Trinajstić information content (AvgIpc) is 2.57. The lowest BCUT2D eigenvalue weighted by Crippen LogP contribution is -2.04. The Kier molecular flexibility index (Phi) is 11.2. The number of halogens is 2. The average molecular weight is 402 g/mol. The smallest absolute Gasteiger partial charge is 0.125 e. The summed E-state index contributed by atoms with van der Waals surface area (Å²) in [6.45, 7) is 9.66. The summed E-state index contributed by atoms with van der Waals surface area (Å²) in [6, 6.07) is 3.99. The molecule has 1 aromatic rings. The second kappa shape index (κ2) is 12.9. The second-order valence-corrected chi connectivity index (χ2v) is 7.18. The van der Waals surface area contributed by atoms with Crippen molar-refractivity contribution in [2.75, 3.05) is 19.8 Å². The van der Waals surface area contributed by atoms with E-state index < -0.39 is 0 Å². The lowest BCUT2D eigenvalue weighted by atomic mass is 10.1. The molecule has 0 saturated carbocycles. The third kappa shape index (κ3) is 9.35. The maximum atomic E-state index is 6.02. The zero-order valence-corrected chi connectivity index (χ0v) is 17.6. The van der Waals surface area contributed by atoms with Gasteiger partial charge in [0.25, 0.3) is 0 Å². The van der Waals surface area contributed by atoms with Crippen molar-refractivity contribution in [3.05, 3.63) is 33.8 Å². The van der Waals surface area contributed by atoms with E-state index in [2.05, 4.69) is 12.1 Å². The van der Waals surface area contributed by atoms with E-state index in [9.17, 15) is 0 Å².